The van der Waals surface area contributed by atoms with Crippen molar-refractivity contribution < 1.29 is 4.79 Å². The van der Waals surface area contributed by atoms with Crippen LogP contribution in [-0.4, -0.2) is 30.6 Å². The van der Waals surface area contributed by atoms with Crippen molar-refractivity contribution in [3.63, 3.8) is 0 Å². The minimum atomic E-state index is -0.193. The average molecular weight is 414 g/mol. The number of benzene rings is 1. The molecule has 0 aliphatic rings. The Kier molecular flexibility index (Phi) is 4.40. The number of aromatic amines is 1. The molecule has 0 atom stereocenters. The molecule has 0 aliphatic heterocycles. The van der Waals surface area contributed by atoms with Crippen LogP contribution in [0.1, 0.15) is 16.1 Å². The molecule has 0 saturated heterocycles. The van der Waals surface area contributed by atoms with Gasteiger partial charge in [0.05, 0.1) is 27.2 Å². The van der Waals surface area contributed by atoms with E-state index in [-0.39, 0.29) is 5.91 Å². The zero-order chi connectivity index (χ0) is 20.7. The molecule has 5 rings (SSSR count). The number of nitrogens with one attached hydrogen (secondary N) is 2. The normalized spacial score (nSPS) is 11.1. The molecule has 0 spiro atoms. The summed E-state index contributed by atoms with van der Waals surface area (Å²) < 4.78 is 1.72. The highest BCUT2D eigenvalue weighted by Crippen LogP contribution is 2.30. The smallest absolute Gasteiger partial charge is 0.256 e. The summed E-state index contributed by atoms with van der Waals surface area (Å²) in [6.45, 7) is 1.89. The number of imidazole rings is 1. The fraction of sp³-hybridized carbons (Fsp3) is 0.0909. The molecule has 8 heteroatoms. The van der Waals surface area contributed by atoms with E-state index in [1.54, 1.807) is 28.4 Å². The van der Waals surface area contributed by atoms with Gasteiger partial charge < -0.3 is 10.3 Å². The van der Waals surface area contributed by atoms with Crippen LogP contribution in [0, 0.1) is 6.92 Å². The quantitative estimate of drug-likeness (QED) is 0.448. The maximum atomic E-state index is 13.2. The second-order valence-corrected chi connectivity index (χ2v) is 7.86. The Morgan fingerprint density at radius 3 is 2.73 bits per heavy atom. The van der Waals surface area contributed by atoms with Crippen LogP contribution in [0.4, 0.5) is 5.69 Å². The molecule has 1 aromatic carbocycles. The number of carbonyl (C=O) groups is 1. The van der Waals surface area contributed by atoms with Crippen LogP contribution in [0.15, 0.2) is 60.2 Å². The molecule has 4 aromatic heterocycles. The number of H-pyrrole nitrogens is 1. The first-order valence-corrected chi connectivity index (χ1v) is 10.3. The molecule has 0 radical (unpaired) electrons. The van der Waals surface area contributed by atoms with E-state index in [0.717, 1.165) is 33.0 Å². The molecule has 7 nitrogen and oxygen atoms in total. The van der Waals surface area contributed by atoms with Crippen LogP contribution in [0.25, 0.3) is 33.0 Å². The Labute approximate surface area is 176 Å². The molecule has 4 heterocycles. The molecule has 0 aliphatic carbocycles. The number of nitrogens with zero attached hydrogens (tertiary/aromatic N) is 4. The molecule has 148 valence electrons. The van der Waals surface area contributed by atoms with E-state index < -0.39 is 0 Å². The van der Waals surface area contributed by atoms with Crippen LogP contribution >= 0.6 is 11.3 Å². The zero-order valence-corrected chi connectivity index (χ0v) is 17.2. The molecule has 5 aromatic rings. The maximum absolute atomic E-state index is 13.2. The number of rotatable bonds is 4. The zero-order valence-electron chi connectivity index (χ0n) is 16.4. The van der Waals surface area contributed by atoms with Crippen LogP contribution in [0.2, 0.25) is 0 Å². The number of pyridine rings is 1. The number of aryl methyl sites for hydroxylation is 2. The van der Waals surface area contributed by atoms with Crippen LogP contribution in [0.5, 0.6) is 0 Å². The molecule has 2 N–H and O–H groups in total. The van der Waals surface area contributed by atoms with Gasteiger partial charge in [-0.05, 0) is 48.7 Å². The van der Waals surface area contributed by atoms with Crippen LogP contribution in [0.3, 0.4) is 0 Å². The Morgan fingerprint density at radius 2 is 2.03 bits per heavy atom. The highest BCUT2D eigenvalue weighted by molar-refractivity contribution is 7.13. The highest BCUT2D eigenvalue weighted by Gasteiger charge is 2.19. The summed E-state index contributed by atoms with van der Waals surface area (Å²) >= 11 is 1.59. The average Bonchev–Trinajstić information content (AvgIpc) is 3.51. The van der Waals surface area contributed by atoms with E-state index >= 15 is 0 Å². The molecular weight excluding hydrogens is 396 g/mol. The summed E-state index contributed by atoms with van der Waals surface area (Å²) in [5, 5.41) is 10.2. The summed E-state index contributed by atoms with van der Waals surface area (Å²) in [7, 11) is 1.84. The fourth-order valence-electron chi connectivity index (χ4n) is 3.51. The third kappa shape index (κ3) is 3.17. The lowest BCUT2D eigenvalue weighted by Gasteiger charge is -2.09. The second kappa shape index (κ2) is 7.23. The number of aromatic nitrogens is 5. The van der Waals surface area contributed by atoms with Gasteiger partial charge in [-0.15, -0.1) is 11.3 Å². The molecule has 30 heavy (non-hydrogen) atoms. The standard InChI is InChI=1S/C22H18N6OS/c1-13-19-16(12-17(18-4-3-11-30-18)26-21(19)28(2)27-13)22(29)25-15-7-5-14(6-8-15)20-23-9-10-24-20/h3-12H,1-2H3,(H,23,24)(H,25,29). The predicted molar refractivity (Wildman–Crippen MR) is 119 cm³/mol. The van der Waals surface area contributed by atoms with Crippen LogP contribution < -0.4 is 5.32 Å². The van der Waals surface area contributed by atoms with Gasteiger partial charge in [-0.3, -0.25) is 9.48 Å². The van der Waals surface area contributed by atoms with Crippen molar-refractivity contribution in [1.82, 2.24) is 24.7 Å². The summed E-state index contributed by atoms with van der Waals surface area (Å²) in [4.78, 5) is 26.3. The summed E-state index contributed by atoms with van der Waals surface area (Å²) in [6, 6.07) is 13.4. The van der Waals surface area contributed by atoms with E-state index in [4.69, 9.17) is 4.98 Å². The van der Waals surface area contributed by atoms with Crippen molar-refractivity contribution in [2.24, 2.45) is 7.05 Å². The number of anilines is 1. The third-order valence-corrected chi connectivity index (χ3v) is 5.79. The first-order valence-electron chi connectivity index (χ1n) is 9.39. The second-order valence-electron chi connectivity index (χ2n) is 6.91. The van der Waals surface area contributed by atoms with Gasteiger partial charge in [-0.25, -0.2) is 9.97 Å². The number of thiophene rings is 1. The number of carbonyl (C=O) groups excluding carboxylic acids is 1. The van der Waals surface area contributed by atoms with Gasteiger partial charge in [0.1, 0.15) is 5.82 Å². The highest BCUT2D eigenvalue weighted by atomic mass is 32.1. The minimum absolute atomic E-state index is 0.193. The summed E-state index contributed by atoms with van der Waals surface area (Å²) in [5.74, 6) is 0.595. The lowest BCUT2D eigenvalue weighted by molar-refractivity contribution is 0.102. The topological polar surface area (TPSA) is 88.5 Å². The maximum Gasteiger partial charge on any atom is 0.256 e. The molecule has 0 unspecified atom stereocenters. The number of hydrogen-bond acceptors (Lipinski definition) is 5. The van der Waals surface area contributed by atoms with Crippen molar-refractivity contribution >= 4 is 34.0 Å². The Balaban J connectivity index is 1.52. The van der Waals surface area contributed by atoms with Gasteiger partial charge in [-0.2, -0.15) is 5.10 Å². The van der Waals surface area contributed by atoms with Crippen LogP contribution in [-0.2, 0) is 7.05 Å². The van der Waals surface area contributed by atoms with E-state index in [9.17, 15) is 4.79 Å². The first-order chi connectivity index (χ1) is 14.6. The largest absolute Gasteiger partial charge is 0.345 e. The molecule has 1 amide bonds. The van der Waals surface area contributed by atoms with Crippen molar-refractivity contribution in [3.8, 4) is 22.0 Å². The lowest BCUT2D eigenvalue weighted by Crippen LogP contribution is -2.13. The minimum Gasteiger partial charge on any atom is -0.345 e. The number of fused-ring (bicyclic) bond motifs is 1. The SMILES string of the molecule is Cc1nn(C)c2nc(-c3cccs3)cc(C(=O)Nc3ccc(-c4ncc[nH]4)cc3)c12. The van der Waals surface area contributed by atoms with Crippen molar-refractivity contribution in [2.45, 2.75) is 6.92 Å². The van der Waals surface area contributed by atoms with E-state index in [1.807, 2.05) is 61.8 Å². The van der Waals surface area contributed by atoms with Gasteiger partial charge in [0.15, 0.2) is 5.65 Å². The predicted octanol–water partition coefficient (Wildman–Crippen LogP) is 4.65. The Hall–Kier alpha value is -3.78. The van der Waals surface area contributed by atoms with Crippen molar-refractivity contribution in [2.75, 3.05) is 5.32 Å². The molecule has 0 saturated carbocycles. The van der Waals surface area contributed by atoms with Crippen molar-refractivity contribution in [1.29, 1.82) is 0 Å². The van der Waals surface area contributed by atoms with Gasteiger partial charge in [0, 0.05) is 30.7 Å². The van der Waals surface area contributed by atoms with Gasteiger partial charge in [0.25, 0.3) is 5.91 Å². The van der Waals surface area contributed by atoms with E-state index in [0.29, 0.717) is 16.9 Å². The van der Waals surface area contributed by atoms with E-state index in [2.05, 4.69) is 20.4 Å². The molecule has 0 bridgehead atoms. The van der Waals surface area contributed by atoms with E-state index in [1.165, 1.54) is 0 Å². The van der Waals surface area contributed by atoms with Gasteiger partial charge >= 0.3 is 0 Å². The summed E-state index contributed by atoms with van der Waals surface area (Å²) in [5.41, 5.74) is 4.45. The lowest BCUT2D eigenvalue weighted by atomic mass is 10.1. The first kappa shape index (κ1) is 18.3. The van der Waals surface area contributed by atoms with Gasteiger partial charge in [0.2, 0.25) is 0 Å². The van der Waals surface area contributed by atoms with Crippen molar-refractivity contribution in [3.05, 3.63) is 71.5 Å². The summed E-state index contributed by atoms with van der Waals surface area (Å²) in [6.07, 6.45) is 3.49. The third-order valence-electron chi connectivity index (χ3n) is 4.90. The molecular formula is C22H18N6OS. The fourth-order valence-corrected chi connectivity index (χ4v) is 4.19. The molecule has 0 fully saturated rings. The monoisotopic (exact) mass is 414 g/mol. The number of hydrogen-bond donors (Lipinski definition) is 2. The van der Waals surface area contributed by atoms with Gasteiger partial charge in [-0.1, -0.05) is 6.07 Å². The Bertz CT molecular complexity index is 1340. The Morgan fingerprint density at radius 1 is 1.20 bits per heavy atom. The number of amides is 1.